The number of hydrogen-bond donors (Lipinski definition) is 1. The molecule has 0 spiro atoms. The number of carbonyl (C=O) groups is 2. The van der Waals surface area contributed by atoms with Gasteiger partial charge in [-0.25, -0.2) is 0 Å². The molecule has 0 radical (unpaired) electrons. The second kappa shape index (κ2) is 8.70. The van der Waals surface area contributed by atoms with Gasteiger partial charge in [-0.15, -0.1) is 11.3 Å². The molecule has 2 aromatic rings. The number of amides is 2. The molecular weight excluding hydrogens is 380 g/mol. The summed E-state index contributed by atoms with van der Waals surface area (Å²) in [7, 11) is 0. The molecule has 1 atom stereocenters. The molecule has 2 amide bonds. The molecule has 2 aliphatic rings. The summed E-state index contributed by atoms with van der Waals surface area (Å²) < 4.78 is 0. The second-order valence-corrected chi connectivity index (χ2v) is 9.43. The fourth-order valence-electron chi connectivity index (χ4n) is 4.87. The van der Waals surface area contributed by atoms with Crippen LogP contribution in [-0.4, -0.2) is 36.3 Å². The Kier molecular flexibility index (Phi) is 6.04. The largest absolute Gasteiger partial charge is 0.356 e. The van der Waals surface area contributed by atoms with Crippen LogP contribution < -0.4 is 5.32 Å². The van der Waals surface area contributed by atoms with Crippen LogP contribution in [0.25, 0.3) is 10.4 Å². The topological polar surface area (TPSA) is 49.4 Å². The molecule has 4 rings (SSSR count). The average molecular weight is 411 g/mol. The molecule has 1 saturated carbocycles. The molecule has 29 heavy (non-hydrogen) atoms. The van der Waals surface area contributed by atoms with E-state index >= 15 is 0 Å². The zero-order valence-electron chi connectivity index (χ0n) is 17.2. The Morgan fingerprint density at radius 2 is 1.93 bits per heavy atom. The molecule has 0 unspecified atom stereocenters. The first kappa shape index (κ1) is 20.1. The monoisotopic (exact) mass is 410 g/mol. The van der Waals surface area contributed by atoms with Crippen LogP contribution in [0.1, 0.15) is 44.6 Å². The van der Waals surface area contributed by atoms with Crippen LogP contribution in [0.4, 0.5) is 0 Å². The molecule has 5 heteroatoms. The van der Waals surface area contributed by atoms with Gasteiger partial charge in [0.1, 0.15) is 0 Å². The predicted octanol–water partition coefficient (Wildman–Crippen LogP) is 4.50. The van der Waals surface area contributed by atoms with Crippen molar-refractivity contribution in [2.45, 2.75) is 45.4 Å². The van der Waals surface area contributed by atoms with E-state index in [-0.39, 0.29) is 17.7 Å². The Morgan fingerprint density at radius 3 is 2.59 bits per heavy atom. The minimum absolute atomic E-state index is 0.0871. The van der Waals surface area contributed by atoms with Crippen molar-refractivity contribution < 1.29 is 9.59 Å². The van der Waals surface area contributed by atoms with Crippen LogP contribution in [0, 0.1) is 11.3 Å². The molecule has 2 fully saturated rings. The summed E-state index contributed by atoms with van der Waals surface area (Å²) in [6.07, 6.45) is 5.74. The molecule has 154 valence electrons. The van der Waals surface area contributed by atoms with Gasteiger partial charge in [0.2, 0.25) is 11.8 Å². The van der Waals surface area contributed by atoms with Crippen molar-refractivity contribution in [3.8, 4) is 10.4 Å². The number of nitrogens with zero attached hydrogens (tertiary/aromatic N) is 1. The number of carbonyl (C=O) groups excluding carboxylic acids is 2. The normalized spacial score (nSPS) is 22.2. The van der Waals surface area contributed by atoms with Gasteiger partial charge in [0.05, 0.1) is 5.41 Å². The molecule has 2 heterocycles. The van der Waals surface area contributed by atoms with E-state index in [0.717, 1.165) is 37.7 Å². The minimum atomic E-state index is -0.519. The van der Waals surface area contributed by atoms with E-state index in [1.165, 1.54) is 10.4 Å². The van der Waals surface area contributed by atoms with E-state index in [2.05, 4.69) is 47.1 Å². The summed E-state index contributed by atoms with van der Waals surface area (Å²) in [4.78, 5) is 29.2. The number of nitrogens with one attached hydrogen (secondary N) is 1. The smallest absolute Gasteiger partial charge is 0.228 e. The van der Waals surface area contributed by atoms with Crippen molar-refractivity contribution in [1.29, 1.82) is 0 Å². The standard InChI is InChI=1S/C24H30N2O2S/c1-2-25-23(28)24(13-14-26(17-24)22(27)20-6-3-4-7-20)16-18-9-11-19(12-10-18)21-8-5-15-29-21/h5,8-12,15,20H,2-4,6-7,13-14,16-17H2,1H3,(H,25,28)/t24-/m1/s1. The summed E-state index contributed by atoms with van der Waals surface area (Å²) in [5, 5.41) is 5.12. The summed E-state index contributed by atoms with van der Waals surface area (Å²) in [5.74, 6) is 0.524. The molecule has 1 aliphatic heterocycles. The molecule has 1 aromatic carbocycles. The third-order valence-corrected chi connectivity index (χ3v) is 7.41. The van der Waals surface area contributed by atoms with Crippen molar-refractivity contribution in [2.24, 2.45) is 11.3 Å². The maximum atomic E-state index is 13.1. The van der Waals surface area contributed by atoms with Crippen molar-refractivity contribution in [3.05, 3.63) is 47.3 Å². The second-order valence-electron chi connectivity index (χ2n) is 8.48. The van der Waals surface area contributed by atoms with E-state index in [1.54, 1.807) is 11.3 Å². The average Bonchev–Trinajstić information content (AvgIpc) is 3.50. The molecular formula is C24H30N2O2S. The highest BCUT2D eigenvalue weighted by Gasteiger charge is 2.46. The van der Waals surface area contributed by atoms with Crippen molar-refractivity contribution in [1.82, 2.24) is 10.2 Å². The van der Waals surface area contributed by atoms with Crippen LogP contribution in [0.15, 0.2) is 41.8 Å². The van der Waals surface area contributed by atoms with Gasteiger partial charge < -0.3 is 10.2 Å². The van der Waals surface area contributed by atoms with E-state index < -0.39 is 5.41 Å². The maximum absolute atomic E-state index is 13.1. The minimum Gasteiger partial charge on any atom is -0.356 e. The molecule has 1 aromatic heterocycles. The van der Waals surface area contributed by atoms with E-state index in [9.17, 15) is 9.59 Å². The fourth-order valence-corrected chi connectivity index (χ4v) is 5.60. The first-order chi connectivity index (χ1) is 14.1. The lowest BCUT2D eigenvalue weighted by atomic mass is 9.79. The maximum Gasteiger partial charge on any atom is 0.228 e. The summed E-state index contributed by atoms with van der Waals surface area (Å²) >= 11 is 1.73. The zero-order valence-corrected chi connectivity index (χ0v) is 18.0. The molecule has 1 N–H and O–H groups in total. The van der Waals surface area contributed by atoms with Gasteiger partial charge in [-0.3, -0.25) is 9.59 Å². The first-order valence-electron chi connectivity index (χ1n) is 10.8. The van der Waals surface area contributed by atoms with Gasteiger partial charge in [0.15, 0.2) is 0 Å². The Bertz CT molecular complexity index is 840. The molecule has 1 aliphatic carbocycles. The van der Waals surface area contributed by atoms with Crippen molar-refractivity contribution in [2.75, 3.05) is 19.6 Å². The first-order valence-corrected chi connectivity index (χ1v) is 11.7. The van der Waals surface area contributed by atoms with E-state index in [1.807, 2.05) is 11.8 Å². The molecule has 0 bridgehead atoms. The zero-order chi connectivity index (χ0) is 20.3. The van der Waals surface area contributed by atoms with Crippen molar-refractivity contribution in [3.63, 3.8) is 0 Å². The van der Waals surface area contributed by atoms with Crippen LogP contribution in [-0.2, 0) is 16.0 Å². The van der Waals surface area contributed by atoms with E-state index in [4.69, 9.17) is 0 Å². The SMILES string of the molecule is CCNC(=O)[C@@]1(Cc2ccc(-c3cccs3)cc2)CCN(C(=O)C2CCCC2)C1. The third-order valence-electron chi connectivity index (χ3n) is 6.49. The summed E-state index contributed by atoms with van der Waals surface area (Å²) in [6, 6.07) is 12.7. The Morgan fingerprint density at radius 1 is 1.17 bits per heavy atom. The van der Waals surface area contributed by atoms with Gasteiger partial charge in [0, 0.05) is 30.4 Å². The lowest BCUT2D eigenvalue weighted by molar-refractivity contribution is -0.136. The lowest BCUT2D eigenvalue weighted by Crippen LogP contribution is -2.45. The van der Waals surface area contributed by atoms with Crippen LogP contribution in [0.2, 0.25) is 0 Å². The van der Waals surface area contributed by atoms with E-state index in [0.29, 0.717) is 26.1 Å². The van der Waals surface area contributed by atoms with Crippen LogP contribution >= 0.6 is 11.3 Å². The van der Waals surface area contributed by atoms with Crippen molar-refractivity contribution >= 4 is 23.2 Å². The molecule has 1 saturated heterocycles. The number of benzene rings is 1. The Balaban J connectivity index is 1.51. The summed E-state index contributed by atoms with van der Waals surface area (Å²) in [6.45, 7) is 3.81. The predicted molar refractivity (Wildman–Crippen MR) is 118 cm³/mol. The number of hydrogen-bond acceptors (Lipinski definition) is 3. The highest BCUT2D eigenvalue weighted by atomic mass is 32.1. The van der Waals surface area contributed by atoms with Gasteiger partial charge in [-0.05, 0) is 55.2 Å². The highest BCUT2D eigenvalue weighted by molar-refractivity contribution is 7.13. The molecule has 4 nitrogen and oxygen atoms in total. The Labute approximate surface area is 177 Å². The van der Waals surface area contributed by atoms with Gasteiger partial charge >= 0.3 is 0 Å². The number of thiophene rings is 1. The number of likely N-dealkylation sites (tertiary alicyclic amines) is 1. The van der Waals surface area contributed by atoms with Crippen LogP contribution in [0.5, 0.6) is 0 Å². The van der Waals surface area contributed by atoms with Gasteiger partial charge in [-0.2, -0.15) is 0 Å². The van der Waals surface area contributed by atoms with Crippen LogP contribution in [0.3, 0.4) is 0 Å². The quantitative estimate of drug-likeness (QED) is 0.762. The number of rotatable bonds is 6. The Hall–Kier alpha value is -2.14. The third kappa shape index (κ3) is 4.25. The van der Waals surface area contributed by atoms with Gasteiger partial charge in [0.25, 0.3) is 0 Å². The van der Waals surface area contributed by atoms with Gasteiger partial charge in [-0.1, -0.05) is 43.2 Å². The highest BCUT2D eigenvalue weighted by Crippen LogP contribution is 2.37. The summed E-state index contributed by atoms with van der Waals surface area (Å²) in [5.41, 5.74) is 1.85. The fraction of sp³-hybridized carbons (Fsp3) is 0.500. The lowest BCUT2D eigenvalue weighted by Gasteiger charge is -2.29.